The van der Waals surface area contributed by atoms with Crippen LogP contribution in [0.5, 0.6) is 0 Å². The van der Waals surface area contributed by atoms with E-state index in [2.05, 4.69) is 5.32 Å². The molecule has 1 N–H and O–H groups in total. The predicted octanol–water partition coefficient (Wildman–Crippen LogP) is 7.36. The Kier molecular flexibility index (Phi) is 12.3. The minimum absolute atomic E-state index is 0.00367. The fraction of sp³-hybridized carbons (Fsp3) is 0.278. The Morgan fingerprint density at radius 2 is 1.50 bits per heavy atom. The fourth-order valence-electron chi connectivity index (χ4n) is 5.10. The van der Waals surface area contributed by atoms with Gasteiger partial charge in [-0.3, -0.25) is 13.9 Å². The molecule has 0 aliphatic rings. The lowest BCUT2D eigenvalue weighted by Gasteiger charge is -2.34. The Balaban J connectivity index is 1.82. The quantitative estimate of drug-likeness (QED) is 0.141. The summed E-state index contributed by atoms with van der Waals surface area (Å²) in [6.45, 7) is 5.76. The Labute approximate surface area is 282 Å². The number of unbranched alkanes of at least 4 members (excludes halogenated alkanes) is 1. The number of aryl methyl sites for hydroxylation is 2. The van der Waals surface area contributed by atoms with Crippen LogP contribution in [0.3, 0.4) is 0 Å². The molecule has 0 fully saturated rings. The molecule has 4 rings (SSSR count). The molecule has 0 radical (unpaired) electrons. The van der Waals surface area contributed by atoms with Crippen molar-refractivity contribution in [2.24, 2.45) is 0 Å². The normalized spacial score (nSPS) is 11.9. The number of carbonyl (C=O) groups is 2. The molecule has 10 heteroatoms. The van der Waals surface area contributed by atoms with Crippen LogP contribution in [-0.4, -0.2) is 44.3 Å². The van der Waals surface area contributed by atoms with Crippen LogP contribution >= 0.6 is 23.2 Å². The molecular weight excluding hydrogens is 641 g/mol. The van der Waals surface area contributed by atoms with E-state index >= 15 is 0 Å². The van der Waals surface area contributed by atoms with E-state index in [1.165, 1.54) is 23.1 Å². The molecule has 242 valence electrons. The Morgan fingerprint density at radius 1 is 0.826 bits per heavy atom. The van der Waals surface area contributed by atoms with Crippen molar-refractivity contribution in [3.8, 4) is 0 Å². The second-order valence-corrected chi connectivity index (χ2v) is 13.9. The monoisotopic (exact) mass is 679 g/mol. The van der Waals surface area contributed by atoms with Crippen LogP contribution in [0.4, 0.5) is 5.69 Å². The standard InChI is InChI=1S/C36H39Cl2N3O4S/c1-4-5-21-39-36(43)33(23-28-12-7-6-8-13-28)40(24-29-14-9-11-27(3)22-29)34(42)25-41(32-16-10-15-31(37)35(32)38)46(44,45)30-19-17-26(2)18-20-30/h6-20,22,33H,4-5,21,23-25H2,1-3H3,(H,39,43). The minimum Gasteiger partial charge on any atom is -0.354 e. The number of nitrogens with zero attached hydrogens (tertiary/aromatic N) is 2. The maximum atomic E-state index is 14.6. The fourth-order valence-corrected chi connectivity index (χ4v) is 6.98. The second-order valence-electron chi connectivity index (χ2n) is 11.3. The summed E-state index contributed by atoms with van der Waals surface area (Å²) in [4.78, 5) is 29.9. The molecule has 0 saturated heterocycles. The first-order chi connectivity index (χ1) is 22.0. The van der Waals surface area contributed by atoms with Gasteiger partial charge in [-0.1, -0.05) is 120 Å². The Morgan fingerprint density at radius 3 is 2.17 bits per heavy atom. The molecule has 0 saturated carbocycles. The molecule has 0 bridgehead atoms. The van der Waals surface area contributed by atoms with Crippen molar-refractivity contribution in [1.82, 2.24) is 10.2 Å². The number of amides is 2. The van der Waals surface area contributed by atoms with Crippen molar-refractivity contribution in [1.29, 1.82) is 0 Å². The summed E-state index contributed by atoms with van der Waals surface area (Å²) in [5.41, 5.74) is 3.60. The van der Waals surface area contributed by atoms with E-state index in [1.807, 2.05) is 75.4 Å². The molecule has 7 nitrogen and oxygen atoms in total. The third-order valence-electron chi connectivity index (χ3n) is 7.62. The Bertz CT molecular complexity index is 1750. The van der Waals surface area contributed by atoms with Gasteiger partial charge < -0.3 is 10.2 Å². The lowest BCUT2D eigenvalue weighted by molar-refractivity contribution is -0.140. The number of halogens is 2. The summed E-state index contributed by atoms with van der Waals surface area (Å²) < 4.78 is 29.4. The van der Waals surface area contributed by atoms with Crippen LogP contribution in [0.2, 0.25) is 10.0 Å². The molecule has 0 spiro atoms. The van der Waals surface area contributed by atoms with E-state index in [0.717, 1.165) is 39.4 Å². The number of carbonyl (C=O) groups excluding carboxylic acids is 2. The molecule has 1 atom stereocenters. The third-order valence-corrected chi connectivity index (χ3v) is 10.2. The minimum atomic E-state index is -4.30. The number of hydrogen-bond acceptors (Lipinski definition) is 4. The largest absolute Gasteiger partial charge is 0.354 e. The smallest absolute Gasteiger partial charge is 0.264 e. The summed E-state index contributed by atoms with van der Waals surface area (Å²) in [5.74, 6) is -0.883. The van der Waals surface area contributed by atoms with Crippen molar-refractivity contribution in [2.75, 3.05) is 17.4 Å². The van der Waals surface area contributed by atoms with Gasteiger partial charge in [-0.05, 0) is 55.7 Å². The first-order valence-electron chi connectivity index (χ1n) is 15.2. The summed E-state index contributed by atoms with van der Waals surface area (Å²) in [5, 5.41) is 3.14. The molecule has 2 amide bonds. The summed E-state index contributed by atoms with van der Waals surface area (Å²) >= 11 is 12.9. The lowest BCUT2D eigenvalue weighted by atomic mass is 10.0. The molecule has 4 aromatic rings. The van der Waals surface area contributed by atoms with E-state index in [-0.39, 0.29) is 39.5 Å². The molecule has 0 aliphatic carbocycles. The highest BCUT2D eigenvalue weighted by molar-refractivity contribution is 7.92. The molecule has 1 unspecified atom stereocenters. The number of sulfonamides is 1. The zero-order chi connectivity index (χ0) is 33.3. The summed E-state index contributed by atoms with van der Waals surface area (Å²) in [6.07, 6.45) is 1.91. The van der Waals surface area contributed by atoms with Crippen molar-refractivity contribution < 1.29 is 18.0 Å². The van der Waals surface area contributed by atoms with Crippen molar-refractivity contribution in [2.45, 2.75) is 57.5 Å². The van der Waals surface area contributed by atoms with E-state index in [4.69, 9.17) is 23.2 Å². The lowest BCUT2D eigenvalue weighted by Crippen LogP contribution is -2.53. The van der Waals surface area contributed by atoms with Crippen LogP contribution in [-0.2, 0) is 32.6 Å². The highest BCUT2D eigenvalue weighted by Crippen LogP contribution is 2.35. The molecule has 4 aromatic carbocycles. The van der Waals surface area contributed by atoms with E-state index in [1.54, 1.807) is 24.3 Å². The van der Waals surface area contributed by atoms with Gasteiger partial charge in [-0.15, -0.1) is 0 Å². The van der Waals surface area contributed by atoms with Crippen LogP contribution < -0.4 is 9.62 Å². The van der Waals surface area contributed by atoms with Crippen LogP contribution in [0.25, 0.3) is 0 Å². The first-order valence-corrected chi connectivity index (χ1v) is 17.4. The van der Waals surface area contributed by atoms with Gasteiger partial charge >= 0.3 is 0 Å². The van der Waals surface area contributed by atoms with E-state index in [9.17, 15) is 18.0 Å². The number of nitrogens with one attached hydrogen (secondary N) is 1. The average molecular weight is 681 g/mol. The third kappa shape index (κ3) is 8.90. The predicted molar refractivity (Wildman–Crippen MR) is 186 cm³/mol. The van der Waals surface area contributed by atoms with Crippen LogP contribution in [0, 0.1) is 13.8 Å². The Hall–Kier alpha value is -3.85. The zero-order valence-electron chi connectivity index (χ0n) is 26.2. The van der Waals surface area contributed by atoms with E-state index < -0.39 is 28.5 Å². The molecular formula is C36H39Cl2N3O4S. The van der Waals surface area contributed by atoms with Gasteiger partial charge in [-0.25, -0.2) is 8.42 Å². The van der Waals surface area contributed by atoms with Crippen LogP contribution in [0.1, 0.15) is 42.0 Å². The molecule has 0 aliphatic heterocycles. The number of anilines is 1. The summed E-state index contributed by atoms with van der Waals surface area (Å²) in [7, 11) is -4.30. The van der Waals surface area contributed by atoms with Gasteiger partial charge in [0.2, 0.25) is 11.8 Å². The molecule has 46 heavy (non-hydrogen) atoms. The van der Waals surface area contributed by atoms with Gasteiger partial charge in [-0.2, -0.15) is 0 Å². The number of rotatable bonds is 14. The zero-order valence-corrected chi connectivity index (χ0v) is 28.6. The van der Waals surface area contributed by atoms with Gasteiger partial charge in [0, 0.05) is 19.5 Å². The van der Waals surface area contributed by atoms with Crippen molar-refractivity contribution >= 4 is 50.7 Å². The maximum Gasteiger partial charge on any atom is 0.264 e. The topological polar surface area (TPSA) is 86.8 Å². The van der Waals surface area contributed by atoms with Gasteiger partial charge in [0.1, 0.15) is 12.6 Å². The van der Waals surface area contributed by atoms with Gasteiger partial charge in [0.05, 0.1) is 20.6 Å². The molecule has 0 aromatic heterocycles. The highest BCUT2D eigenvalue weighted by Gasteiger charge is 2.35. The van der Waals surface area contributed by atoms with E-state index in [0.29, 0.717) is 6.54 Å². The average Bonchev–Trinajstić information content (AvgIpc) is 3.03. The SMILES string of the molecule is CCCCNC(=O)C(Cc1ccccc1)N(Cc1cccc(C)c1)C(=O)CN(c1cccc(Cl)c1Cl)S(=O)(=O)c1ccc(C)cc1. The molecule has 0 heterocycles. The van der Waals surface area contributed by atoms with Crippen molar-refractivity contribution in [3.05, 3.63) is 129 Å². The second kappa shape index (κ2) is 16.1. The maximum absolute atomic E-state index is 14.6. The van der Waals surface area contributed by atoms with Crippen molar-refractivity contribution in [3.63, 3.8) is 0 Å². The first kappa shape index (κ1) is 35.0. The highest BCUT2D eigenvalue weighted by atomic mass is 35.5. The number of hydrogen-bond donors (Lipinski definition) is 1. The van der Waals surface area contributed by atoms with Gasteiger partial charge in [0.25, 0.3) is 10.0 Å². The number of benzene rings is 4. The summed E-state index contributed by atoms with van der Waals surface area (Å²) in [6, 6.07) is 27.2. The van der Waals surface area contributed by atoms with Crippen LogP contribution in [0.15, 0.2) is 102 Å². The van der Waals surface area contributed by atoms with Gasteiger partial charge in [0.15, 0.2) is 0 Å².